The molecule has 0 aliphatic carbocycles. The third kappa shape index (κ3) is 2.80. The number of nitrogens with zero attached hydrogens (tertiary/aromatic N) is 5. The molecule has 0 fully saturated rings. The van der Waals surface area contributed by atoms with Crippen LogP contribution in [0.5, 0.6) is 0 Å². The van der Waals surface area contributed by atoms with E-state index in [1.165, 1.54) is 0 Å². The van der Waals surface area contributed by atoms with Crippen molar-refractivity contribution in [3.63, 3.8) is 0 Å². The van der Waals surface area contributed by atoms with Gasteiger partial charge in [-0.1, -0.05) is 30.3 Å². The van der Waals surface area contributed by atoms with Crippen LogP contribution in [0.2, 0.25) is 0 Å². The van der Waals surface area contributed by atoms with E-state index in [-0.39, 0.29) is 6.04 Å². The van der Waals surface area contributed by atoms with Crippen molar-refractivity contribution >= 4 is 0 Å². The van der Waals surface area contributed by atoms with Crippen LogP contribution in [0.4, 0.5) is 0 Å². The van der Waals surface area contributed by atoms with E-state index in [0.29, 0.717) is 5.82 Å². The molecule has 0 radical (unpaired) electrons. The maximum Gasteiger partial charge on any atom is 0.151 e. The Bertz CT molecular complexity index is 680. The normalized spacial score (nSPS) is 12.2. The molecular weight excluding hydrogens is 264 g/mol. The van der Waals surface area contributed by atoms with Gasteiger partial charge < -0.3 is 5.32 Å². The molecule has 6 heteroatoms. The van der Waals surface area contributed by atoms with E-state index in [9.17, 15) is 0 Å². The van der Waals surface area contributed by atoms with Gasteiger partial charge in [0.2, 0.25) is 0 Å². The van der Waals surface area contributed by atoms with E-state index >= 15 is 0 Å². The molecule has 0 aliphatic rings. The van der Waals surface area contributed by atoms with Crippen molar-refractivity contribution in [1.29, 1.82) is 0 Å². The van der Waals surface area contributed by atoms with Crippen molar-refractivity contribution in [3.8, 4) is 5.69 Å². The van der Waals surface area contributed by atoms with Gasteiger partial charge in [0.15, 0.2) is 5.82 Å². The Morgan fingerprint density at radius 3 is 2.57 bits per heavy atom. The molecular formula is C15H16N6. The highest BCUT2D eigenvalue weighted by Crippen LogP contribution is 2.20. The number of rotatable bonds is 5. The Morgan fingerprint density at radius 2 is 1.86 bits per heavy atom. The van der Waals surface area contributed by atoms with E-state index in [1.807, 2.05) is 41.9 Å². The van der Waals surface area contributed by atoms with Crippen molar-refractivity contribution in [1.82, 2.24) is 30.3 Å². The maximum atomic E-state index is 4.35. The first-order valence-electron chi connectivity index (χ1n) is 6.86. The number of hydrogen-bond donors (Lipinski definition) is 1. The van der Waals surface area contributed by atoms with Crippen molar-refractivity contribution in [3.05, 3.63) is 66.5 Å². The molecule has 3 rings (SSSR count). The molecule has 1 aromatic carbocycles. The summed E-state index contributed by atoms with van der Waals surface area (Å²) in [6, 6.07) is 11.6. The number of para-hydroxylation sites is 1. The molecule has 0 bridgehead atoms. The molecule has 0 saturated heterocycles. The van der Waals surface area contributed by atoms with Gasteiger partial charge in [-0.25, -0.2) is 14.6 Å². The standard InChI is InChI=1S/C15H16N6/c1-2-16-14(15-17-9-6-10-18-15)13-11-19-20-21(13)12-7-4-3-5-8-12/h3-11,14,16H,2H2,1H3. The molecule has 106 valence electrons. The molecule has 0 aliphatic heterocycles. The van der Waals surface area contributed by atoms with Crippen molar-refractivity contribution in [2.24, 2.45) is 0 Å². The predicted octanol–water partition coefficient (Wildman–Crippen LogP) is 1.76. The van der Waals surface area contributed by atoms with Gasteiger partial charge >= 0.3 is 0 Å². The van der Waals surface area contributed by atoms with Gasteiger partial charge in [-0.2, -0.15) is 0 Å². The molecule has 2 aromatic heterocycles. The van der Waals surface area contributed by atoms with E-state index in [1.54, 1.807) is 24.7 Å². The van der Waals surface area contributed by atoms with Gasteiger partial charge in [0.25, 0.3) is 0 Å². The van der Waals surface area contributed by atoms with E-state index in [4.69, 9.17) is 0 Å². The molecule has 0 saturated carbocycles. The lowest BCUT2D eigenvalue weighted by Crippen LogP contribution is -2.26. The highest BCUT2D eigenvalue weighted by molar-refractivity contribution is 5.33. The predicted molar refractivity (Wildman–Crippen MR) is 78.9 cm³/mol. The average molecular weight is 280 g/mol. The van der Waals surface area contributed by atoms with Crippen LogP contribution in [-0.4, -0.2) is 31.5 Å². The SMILES string of the molecule is CCNC(c1ncccn1)c1cnnn1-c1ccccc1. The zero-order valence-electron chi connectivity index (χ0n) is 11.7. The molecule has 6 nitrogen and oxygen atoms in total. The summed E-state index contributed by atoms with van der Waals surface area (Å²) in [6.07, 6.45) is 5.23. The molecule has 21 heavy (non-hydrogen) atoms. The monoisotopic (exact) mass is 280 g/mol. The van der Waals surface area contributed by atoms with Gasteiger partial charge in [-0.15, -0.1) is 5.10 Å². The number of hydrogen-bond acceptors (Lipinski definition) is 5. The van der Waals surface area contributed by atoms with Gasteiger partial charge in [-0.3, -0.25) is 0 Å². The van der Waals surface area contributed by atoms with E-state index in [2.05, 4.69) is 25.6 Å². The Morgan fingerprint density at radius 1 is 1.10 bits per heavy atom. The zero-order valence-corrected chi connectivity index (χ0v) is 11.7. The lowest BCUT2D eigenvalue weighted by molar-refractivity contribution is 0.564. The largest absolute Gasteiger partial charge is 0.303 e. The minimum atomic E-state index is -0.147. The highest BCUT2D eigenvalue weighted by Gasteiger charge is 2.21. The molecule has 0 amide bonds. The summed E-state index contributed by atoms with van der Waals surface area (Å²) in [5.74, 6) is 0.707. The summed E-state index contributed by atoms with van der Waals surface area (Å²) >= 11 is 0. The quantitative estimate of drug-likeness (QED) is 0.771. The first-order chi connectivity index (χ1) is 10.4. The zero-order chi connectivity index (χ0) is 14.5. The summed E-state index contributed by atoms with van der Waals surface area (Å²) in [5, 5.41) is 11.6. The number of benzene rings is 1. The van der Waals surface area contributed by atoms with Crippen LogP contribution in [0.3, 0.4) is 0 Å². The first kappa shape index (κ1) is 13.4. The Kier molecular flexibility index (Phi) is 3.97. The smallest absolute Gasteiger partial charge is 0.151 e. The second-order valence-corrected chi connectivity index (χ2v) is 4.50. The summed E-state index contributed by atoms with van der Waals surface area (Å²) in [6.45, 7) is 2.84. The lowest BCUT2D eigenvalue weighted by atomic mass is 10.2. The Balaban J connectivity index is 2.04. The average Bonchev–Trinajstić information content (AvgIpc) is 3.03. The van der Waals surface area contributed by atoms with Crippen molar-refractivity contribution in [2.75, 3.05) is 6.54 Å². The lowest BCUT2D eigenvalue weighted by Gasteiger charge is -2.17. The Labute approximate surface area is 122 Å². The second-order valence-electron chi connectivity index (χ2n) is 4.50. The Hall–Kier alpha value is -2.60. The minimum Gasteiger partial charge on any atom is -0.303 e. The number of nitrogens with one attached hydrogen (secondary N) is 1. The fourth-order valence-corrected chi connectivity index (χ4v) is 2.20. The van der Waals surface area contributed by atoms with Crippen LogP contribution in [0, 0.1) is 0 Å². The molecule has 3 aromatic rings. The summed E-state index contributed by atoms with van der Waals surface area (Å²) in [5.41, 5.74) is 1.87. The van der Waals surface area contributed by atoms with Crippen molar-refractivity contribution in [2.45, 2.75) is 13.0 Å². The molecule has 1 atom stereocenters. The van der Waals surface area contributed by atoms with Crippen LogP contribution in [0.1, 0.15) is 24.5 Å². The summed E-state index contributed by atoms with van der Waals surface area (Å²) in [4.78, 5) is 8.69. The highest BCUT2D eigenvalue weighted by atomic mass is 15.4. The van der Waals surface area contributed by atoms with Gasteiger partial charge in [0.05, 0.1) is 17.6 Å². The van der Waals surface area contributed by atoms with Gasteiger partial charge in [0, 0.05) is 12.4 Å². The minimum absolute atomic E-state index is 0.147. The van der Waals surface area contributed by atoms with Crippen LogP contribution in [0.25, 0.3) is 5.69 Å². The van der Waals surface area contributed by atoms with Crippen molar-refractivity contribution < 1.29 is 0 Å². The van der Waals surface area contributed by atoms with Crippen LogP contribution < -0.4 is 5.32 Å². The number of aromatic nitrogens is 5. The molecule has 1 unspecified atom stereocenters. The third-order valence-electron chi connectivity index (χ3n) is 3.12. The van der Waals surface area contributed by atoms with E-state index in [0.717, 1.165) is 17.9 Å². The fourth-order valence-electron chi connectivity index (χ4n) is 2.20. The van der Waals surface area contributed by atoms with Gasteiger partial charge in [0.1, 0.15) is 6.04 Å². The molecule has 2 heterocycles. The van der Waals surface area contributed by atoms with Gasteiger partial charge in [-0.05, 0) is 24.7 Å². The summed E-state index contributed by atoms with van der Waals surface area (Å²) in [7, 11) is 0. The third-order valence-corrected chi connectivity index (χ3v) is 3.12. The van der Waals surface area contributed by atoms with E-state index < -0.39 is 0 Å². The second kappa shape index (κ2) is 6.23. The van der Waals surface area contributed by atoms with Crippen LogP contribution in [0.15, 0.2) is 55.0 Å². The maximum absolute atomic E-state index is 4.35. The fraction of sp³-hybridized carbons (Fsp3) is 0.200. The molecule has 0 spiro atoms. The first-order valence-corrected chi connectivity index (χ1v) is 6.86. The van der Waals surface area contributed by atoms with Crippen LogP contribution in [-0.2, 0) is 0 Å². The summed E-state index contributed by atoms with van der Waals surface area (Å²) < 4.78 is 1.81. The topological polar surface area (TPSA) is 68.5 Å². The molecule has 1 N–H and O–H groups in total. The van der Waals surface area contributed by atoms with Crippen LogP contribution >= 0.6 is 0 Å².